The Labute approximate surface area is 152 Å². The third kappa shape index (κ3) is 5.47. The molecule has 1 heterocycles. The van der Waals surface area contributed by atoms with Crippen molar-refractivity contribution in [3.8, 4) is 0 Å². The van der Waals surface area contributed by atoms with E-state index >= 15 is 0 Å². The Hall–Kier alpha value is -2.59. The smallest absolute Gasteiger partial charge is 0.228 e. The molecule has 0 bridgehead atoms. The Bertz CT molecular complexity index is 815. The molecule has 2 aromatic carbocycles. The van der Waals surface area contributed by atoms with Crippen LogP contribution in [-0.4, -0.2) is 10.9 Å². The Morgan fingerprint density at radius 2 is 1.76 bits per heavy atom. The van der Waals surface area contributed by atoms with Gasteiger partial charge in [0.15, 0.2) is 0 Å². The minimum absolute atomic E-state index is 0.000356. The van der Waals surface area contributed by atoms with Crippen molar-refractivity contribution in [3.05, 3.63) is 89.7 Å². The van der Waals surface area contributed by atoms with E-state index in [0.717, 1.165) is 17.0 Å². The van der Waals surface area contributed by atoms with Gasteiger partial charge in [-0.1, -0.05) is 35.9 Å². The highest BCUT2D eigenvalue weighted by molar-refractivity contribution is 7.98. The zero-order valence-corrected chi connectivity index (χ0v) is 14.9. The van der Waals surface area contributed by atoms with E-state index < -0.39 is 0 Å². The highest BCUT2D eigenvalue weighted by atomic mass is 32.2. The van der Waals surface area contributed by atoms with Crippen LogP contribution < -0.4 is 5.32 Å². The number of aryl methyl sites for hydroxylation is 1. The molecule has 0 fully saturated rings. The third-order valence-corrected chi connectivity index (χ3v) is 4.83. The summed E-state index contributed by atoms with van der Waals surface area (Å²) in [4.78, 5) is 17.4. The SMILES string of the molecule is Cc1ccc(CC(=O)Nc2ccc(SCc3cccnc3)cc2)cc1. The number of thioether (sulfide) groups is 1. The van der Waals surface area contributed by atoms with Crippen molar-refractivity contribution in [2.45, 2.75) is 24.0 Å². The Morgan fingerprint density at radius 3 is 2.44 bits per heavy atom. The van der Waals surface area contributed by atoms with Crippen molar-refractivity contribution >= 4 is 23.4 Å². The van der Waals surface area contributed by atoms with Gasteiger partial charge in [0.25, 0.3) is 0 Å². The number of aromatic nitrogens is 1. The molecule has 126 valence electrons. The van der Waals surface area contributed by atoms with Crippen LogP contribution in [0.2, 0.25) is 0 Å². The van der Waals surface area contributed by atoms with Crippen molar-refractivity contribution in [1.82, 2.24) is 4.98 Å². The number of nitrogens with zero attached hydrogens (tertiary/aromatic N) is 1. The second kappa shape index (κ2) is 8.49. The lowest BCUT2D eigenvalue weighted by Crippen LogP contribution is -2.14. The molecule has 0 saturated heterocycles. The molecular formula is C21H20N2OS. The van der Waals surface area contributed by atoms with Gasteiger partial charge in [-0.05, 0) is 48.4 Å². The lowest BCUT2D eigenvalue weighted by atomic mass is 10.1. The van der Waals surface area contributed by atoms with Gasteiger partial charge in [0.2, 0.25) is 5.91 Å². The fourth-order valence-electron chi connectivity index (χ4n) is 2.38. The summed E-state index contributed by atoms with van der Waals surface area (Å²) >= 11 is 1.75. The van der Waals surface area contributed by atoms with Crippen molar-refractivity contribution in [2.24, 2.45) is 0 Å². The number of hydrogen-bond donors (Lipinski definition) is 1. The molecule has 1 amide bonds. The van der Waals surface area contributed by atoms with E-state index in [1.165, 1.54) is 16.0 Å². The molecule has 1 N–H and O–H groups in total. The molecular weight excluding hydrogens is 328 g/mol. The fraction of sp³-hybridized carbons (Fsp3) is 0.143. The zero-order chi connectivity index (χ0) is 17.5. The van der Waals surface area contributed by atoms with Gasteiger partial charge < -0.3 is 5.32 Å². The first-order valence-electron chi connectivity index (χ1n) is 8.16. The maximum Gasteiger partial charge on any atom is 0.228 e. The predicted molar refractivity (Wildman–Crippen MR) is 104 cm³/mol. The quantitative estimate of drug-likeness (QED) is 0.647. The van der Waals surface area contributed by atoms with Crippen molar-refractivity contribution in [1.29, 1.82) is 0 Å². The number of carbonyl (C=O) groups excluding carboxylic acids is 1. The number of anilines is 1. The zero-order valence-electron chi connectivity index (χ0n) is 14.1. The van der Waals surface area contributed by atoms with E-state index in [0.29, 0.717) is 6.42 Å². The monoisotopic (exact) mass is 348 g/mol. The van der Waals surface area contributed by atoms with Crippen LogP contribution >= 0.6 is 11.8 Å². The molecule has 0 aliphatic carbocycles. The van der Waals surface area contributed by atoms with Crippen LogP contribution in [0.25, 0.3) is 0 Å². The third-order valence-electron chi connectivity index (χ3n) is 3.75. The summed E-state index contributed by atoms with van der Waals surface area (Å²) in [5, 5.41) is 2.95. The Balaban J connectivity index is 1.51. The molecule has 0 spiro atoms. The Kier molecular flexibility index (Phi) is 5.86. The first kappa shape index (κ1) is 17.2. The molecule has 25 heavy (non-hydrogen) atoms. The number of hydrogen-bond acceptors (Lipinski definition) is 3. The second-order valence-electron chi connectivity index (χ2n) is 5.88. The summed E-state index contributed by atoms with van der Waals surface area (Å²) in [5.74, 6) is 0.882. The van der Waals surface area contributed by atoms with Crippen molar-refractivity contribution in [3.63, 3.8) is 0 Å². The molecule has 4 heteroatoms. The van der Waals surface area contributed by atoms with Gasteiger partial charge in [-0.15, -0.1) is 11.8 Å². The summed E-state index contributed by atoms with van der Waals surface area (Å²) in [5.41, 5.74) is 4.24. The van der Waals surface area contributed by atoms with Gasteiger partial charge in [0.1, 0.15) is 0 Å². The molecule has 0 atom stereocenters. The lowest BCUT2D eigenvalue weighted by molar-refractivity contribution is -0.115. The van der Waals surface area contributed by atoms with Crippen molar-refractivity contribution < 1.29 is 4.79 Å². The molecule has 0 aliphatic heterocycles. The van der Waals surface area contributed by atoms with E-state index in [9.17, 15) is 4.79 Å². The van der Waals surface area contributed by atoms with Gasteiger partial charge in [-0.2, -0.15) is 0 Å². The van der Waals surface area contributed by atoms with E-state index in [1.54, 1.807) is 18.0 Å². The molecule has 3 rings (SSSR count). The minimum atomic E-state index is -0.000356. The standard InChI is InChI=1S/C21H20N2OS/c1-16-4-6-17(7-5-16)13-21(24)23-19-8-10-20(11-9-19)25-15-18-3-2-12-22-14-18/h2-12,14H,13,15H2,1H3,(H,23,24). The van der Waals surface area contributed by atoms with E-state index in [4.69, 9.17) is 0 Å². The maximum absolute atomic E-state index is 12.1. The van der Waals surface area contributed by atoms with E-state index in [-0.39, 0.29) is 5.91 Å². The topological polar surface area (TPSA) is 42.0 Å². The predicted octanol–water partition coefficient (Wildman–Crippen LogP) is 4.86. The summed E-state index contributed by atoms with van der Waals surface area (Å²) in [6, 6.07) is 20.0. The van der Waals surface area contributed by atoms with Gasteiger partial charge in [-0.3, -0.25) is 9.78 Å². The summed E-state index contributed by atoms with van der Waals surface area (Å²) in [7, 11) is 0. The highest BCUT2D eigenvalue weighted by Crippen LogP contribution is 2.24. The van der Waals surface area contributed by atoms with Gasteiger partial charge in [0.05, 0.1) is 6.42 Å². The highest BCUT2D eigenvalue weighted by Gasteiger charge is 2.04. The summed E-state index contributed by atoms with van der Waals surface area (Å²) < 4.78 is 0. The molecule has 1 aromatic heterocycles. The minimum Gasteiger partial charge on any atom is -0.326 e. The number of carbonyl (C=O) groups is 1. The van der Waals surface area contributed by atoms with Gasteiger partial charge >= 0.3 is 0 Å². The number of rotatable bonds is 6. The molecule has 0 unspecified atom stereocenters. The molecule has 3 nitrogen and oxygen atoms in total. The first-order chi connectivity index (χ1) is 12.2. The largest absolute Gasteiger partial charge is 0.326 e. The van der Waals surface area contributed by atoms with E-state index in [2.05, 4.69) is 16.4 Å². The average Bonchev–Trinajstić information content (AvgIpc) is 2.64. The van der Waals surface area contributed by atoms with Crippen LogP contribution in [0.15, 0.2) is 78.0 Å². The average molecular weight is 348 g/mol. The number of pyridine rings is 1. The lowest BCUT2D eigenvalue weighted by Gasteiger charge is -2.07. The van der Waals surface area contributed by atoms with Crippen LogP contribution in [0.3, 0.4) is 0 Å². The maximum atomic E-state index is 12.1. The molecule has 3 aromatic rings. The first-order valence-corrected chi connectivity index (χ1v) is 9.15. The van der Waals surface area contributed by atoms with Crippen LogP contribution in [0.4, 0.5) is 5.69 Å². The fourth-order valence-corrected chi connectivity index (χ4v) is 3.21. The number of nitrogens with one attached hydrogen (secondary N) is 1. The van der Waals surface area contributed by atoms with E-state index in [1.807, 2.05) is 67.7 Å². The number of amides is 1. The molecule has 0 radical (unpaired) electrons. The van der Waals surface area contributed by atoms with Gasteiger partial charge in [0, 0.05) is 28.7 Å². The van der Waals surface area contributed by atoms with Crippen LogP contribution in [-0.2, 0) is 17.0 Å². The second-order valence-corrected chi connectivity index (χ2v) is 6.93. The summed E-state index contributed by atoms with van der Waals surface area (Å²) in [6.45, 7) is 2.04. The van der Waals surface area contributed by atoms with Gasteiger partial charge in [-0.25, -0.2) is 0 Å². The number of benzene rings is 2. The van der Waals surface area contributed by atoms with Crippen molar-refractivity contribution in [2.75, 3.05) is 5.32 Å². The van der Waals surface area contributed by atoms with Crippen LogP contribution in [0.1, 0.15) is 16.7 Å². The molecule has 0 aliphatic rings. The van der Waals surface area contributed by atoms with Crippen LogP contribution in [0, 0.1) is 6.92 Å². The normalized spacial score (nSPS) is 10.4. The summed E-state index contributed by atoms with van der Waals surface area (Å²) in [6.07, 6.45) is 4.05. The van der Waals surface area contributed by atoms with Crippen LogP contribution in [0.5, 0.6) is 0 Å². The molecule has 0 saturated carbocycles. The Morgan fingerprint density at radius 1 is 1.00 bits per heavy atom.